The van der Waals surface area contributed by atoms with E-state index in [0.29, 0.717) is 5.56 Å². The number of phenolic OH excluding ortho intramolecular Hbond substituents is 1. The number of aromatic hydroxyl groups is 1. The Balaban J connectivity index is 2.73. The van der Waals surface area contributed by atoms with E-state index in [1.807, 2.05) is 0 Å². The predicted octanol–water partition coefficient (Wildman–Crippen LogP) is 0.351. The zero-order chi connectivity index (χ0) is 12.3. The minimum atomic E-state index is -1.13. The van der Waals surface area contributed by atoms with Crippen LogP contribution in [0.2, 0.25) is 0 Å². The van der Waals surface area contributed by atoms with Crippen molar-refractivity contribution in [2.24, 2.45) is 5.73 Å². The van der Waals surface area contributed by atoms with Crippen LogP contribution in [0, 0.1) is 5.82 Å². The van der Waals surface area contributed by atoms with Gasteiger partial charge in [0.05, 0.1) is 6.04 Å². The van der Waals surface area contributed by atoms with Crippen molar-refractivity contribution in [3.05, 3.63) is 29.6 Å². The van der Waals surface area contributed by atoms with Gasteiger partial charge in [-0.25, -0.2) is 4.39 Å². The fourth-order valence-corrected chi connectivity index (χ4v) is 1.34. The zero-order valence-corrected chi connectivity index (χ0v) is 8.85. The number of Topliss-reactive ketones (excluding diaryl/α,β-unsaturated/α-hetero) is 1. The lowest BCUT2D eigenvalue weighted by atomic mass is 10.0. The quantitative estimate of drug-likeness (QED) is 0.693. The molecule has 2 unspecified atom stereocenters. The first-order chi connectivity index (χ1) is 7.41. The van der Waals surface area contributed by atoms with Crippen LogP contribution in [0.25, 0.3) is 0 Å². The third-order valence-electron chi connectivity index (χ3n) is 2.24. The molecule has 2 atom stereocenters. The van der Waals surface area contributed by atoms with Gasteiger partial charge in [-0.05, 0) is 31.0 Å². The number of carbonyl (C=O) groups excluding carboxylic acids is 1. The molecular weight excluding hydrogens is 213 g/mol. The second-order valence-electron chi connectivity index (χ2n) is 3.67. The van der Waals surface area contributed by atoms with Gasteiger partial charge < -0.3 is 15.9 Å². The van der Waals surface area contributed by atoms with Gasteiger partial charge in [-0.3, -0.25) is 4.79 Å². The normalized spacial score (nSPS) is 14.5. The van der Waals surface area contributed by atoms with Gasteiger partial charge in [-0.2, -0.15) is 0 Å². The molecule has 0 saturated carbocycles. The Labute approximate surface area is 92.5 Å². The van der Waals surface area contributed by atoms with Gasteiger partial charge in [0.25, 0.3) is 0 Å². The molecule has 0 spiro atoms. The molecule has 0 heterocycles. The van der Waals surface area contributed by atoms with E-state index in [2.05, 4.69) is 0 Å². The maximum Gasteiger partial charge on any atom is 0.177 e. The SMILES string of the molecule is CC(O)C(=O)C(N)Cc1ccc(O)c(F)c1. The van der Waals surface area contributed by atoms with Crippen LogP contribution in [0.5, 0.6) is 5.75 Å². The summed E-state index contributed by atoms with van der Waals surface area (Å²) in [6, 6.07) is 2.92. The van der Waals surface area contributed by atoms with Crippen LogP contribution in [0.4, 0.5) is 4.39 Å². The highest BCUT2D eigenvalue weighted by atomic mass is 19.1. The number of ketones is 1. The van der Waals surface area contributed by atoms with Crippen LogP contribution in [-0.4, -0.2) is 28.1 Å². The minimum Gasteiger partial charge on any atom is -0.505 e. The summed E-state index contributed by atoms with van der Waals surface area (Å²) in [6.07, 6.45) is -1.00. The van der Waals surface area contributed by atoms with E-state index < -0.39 is 29.5 Å². The third kappa shape index (κ3) is 3.01. The van der Waals surface area contributed by atoms with Crippen LogP contribution in [0.15, 0.2) is 18.2 Å². The molecule has 4 N–H and O–H groups in total. The topological polar surface area (TPSA) is 83.5 Å². The first-order valence-corrected chi connectivity index (χ1v) is 4.86. The molecule has 4 nitrogen and oxygen atoms in total. The number of phenols is 1. The van der Waals surface area contributed by atoms with E-state index in [-0.39, 0.29) is 6.42 Å². The second kappa shape index (κ2) is 5.05. The average Bonchev–Trinajstić information content (AvgIpc) is 2.22. The first-order valence-electron chi connectivity index (χ1n) is 4.86. The summed E-state index contributed by atoms with van der Waals surface area (Å²) in [5, 5.41) is 18.0. The summed E-state index contributed by atoms with van der Waals surface area (Å²) in [6.45, 7) is 1.33. The van der Waals surface area contributed by atoms with E-state index >= 15 is 0 Å². The molecule has 0 aliphatic heterocycles. The van der Waals surface area contributed by atoms with Crippen molar-refractivity contribution in [1.29, 1.82) is 0 Å². The maximum absolute atomic E-state index is 13.0. The largest absolute Gasteiger partial charge is 0.505 e. The smallest absolute Gasteiger partial charge is 0.177 e. The molecule has 16 heavy (non-hydrogen) atoms. The molecule has 0 fully saturated rings. The Morgan fingerprint density at radius 1 is 1.56 bits per heavy atom. The van der Waals surface area contributed by atoms with Crippen LogP contribution in [0.3, 0.4) is 0 Å². The van der Waals surface area contributed by atoms with Gasteiger partial charge in [0.1, 0.15) is 6.10 Å². The van der Waals surface area contributed by atoms with E-state index in [1.54, 1.807) is 0 Å². The lowest BCUT2D eigenvalue weighted by Crippen LogP contribution is -2.38. The lowest BCUT2D eigenvalue weighted by Gasteiger charge is -2.12. The van der Waals surface area contributed by atoms with Crippen molar-refractivity contribution in [1.82, 2.24) is 0 Å². The molecule has 0 amide bonds. The Bertz CT molecular complexity index is 393. The highest BCUT2D eigenvalue weighted by molar-refractivity contribution is 5.87. The summed E-state index contributed by atoms with van der Waals surface area (Å²) in [7, 11) is 0. The Morgan fingerprint density at radius 3 is 2.69 bits per heavy atom. The Morgan fingerprint density at radius 2 is 2.19 bits per heavy atom. The van der Waals surface area contributed by atoms with E-state index in [0.717, 1.165) is 6.07 Å². The summed E-state index contributed by atoms with van der Waals surface area (Å²) < 4.78 is 13.0. The predicted molar refractivity (Wildman–Crippen MR) is 56.4 cm³/mol. The molecule has 0 radical (unpaired) electrons. The monoisotopic (exact) mass is 227 g/mol. The minimum absolute atomic E-state index is 0.126. The lowest BCUT2D eigenvalue weighted by molar-refractivity contribution is -0.127. The summed E-state index contributed by atoms with van der Waals surface area (Å²) >= 11 is 0. The number of aliphatic hydroxyl groups excluding tert-OH is 1. The molecule has 0 bridgehead atoms. The number of benzene rings is 1. The summed E-state index contributed by atoms with van der Waals surface area (Å²) in [5.41, 5.74) is 6.04. The molecule has 1 aromatic carbocycles. The van der Waals surface area contributed by atoms with Crippen molar-refractivity contribution in [3.8, 4) is 5.75 Å². The van der Waals surface area contributed by atoms with Gasteiger partial charge in [-0.1, -0.05) is 6.07 Å². The fraction of sp³-hybridized carbons (Fsp3) is 0.364. The van der Waals surface area contributed by atoms with Gasteiger partial charge >= 0.3 is 0 Å². The zero-order valence-electron chi connectivity index (χ0n) is 8.85. The summed E-state index contributed by atoms with van der Waals surface area (Å²) in [4.78, 5) is 11.3. The van der Waals surface area contributed by atoms with E-state index in [4.69, 9.17) is 15.9 Å². The number of aliphatic hydroxyl groups is 1. The van der Waals surface area contributed by atoms with Crippen molar-refractivity contribution < 1.29 is 19.4 Å². The van der Waals surface area contributed by atoms with Gasteiger partial charge in [0.15, 0.2) is 17.3 Å². The van der Waals surface area contributed by atoms with Crippen LogP contribution in [0.1, 0.15) is 12.5 Å². The number of hydrogen-bond acceptors (Lipinski definition) is 4. The summed E-state index contributed by atoms with van der Waals surface area (Å²) in [5.74, 6) is -1.69. The fourth-order valence-electron chi connectivity index (χ4n) is 1.34. The second-order valence-corrected chi connectivity index (χ2v) is 3.67. The van der Waals surface area contributed by atoms with Crippen molar-refractivity contribution in [2.75, 3.05) is 0 Å². The van der Waals surface area contributed by atoms with Crippen LogP contribution < -0.4 is 5.73 Å². The number of carbonyl (C=O) groups is 1. The molecule has 1 rings (SSSR count). The standard InChI is InChI=1S/C11H14FNO3/c1-6(14)11(16)9(13)5-7-2-3-10(15)8(12)4-7/h2-4,6,9,14-15H,5,13H2,1H3. The van der Waals surface area contributed by atoms with E-state index in [9.17, 15) is 9.18 Å². The Kier molecular flexibility index (Phi) is 3.98. The average molecular weight is 227 g/mol. The van der Waals surface area contributed by atoms with E-state index in [1.165, 1.54) is 19.1 Å². The number of halogens is 1. The molecule has 0 aromatic heterocycles. The Hall–Kier alpha value is -1.46. The molecule has 0 saturated heterocycles. The highest BCUT2D eigenvalue weighted by Gasteiger charge is 2.19. The van der Waals surface area contributed by atoms with Gasteiger partial charge in [0, 0.05) is 0 Å². The third-order valence-corrected chi connectivity index (χ3v) is 2.24. The van der Waals surface area contributed by atoms with Crippen molar-refractivity contribution in [3.63, 3.8) is 0 Å². The van der Waals surface area contributed by atoms with Crippen molar-refractivity contribution in [2.45, 2.75) is 25.5 Å². The molecule has 5 heteroatoms. The molecule has 88 valence electrons. The molecular formula is C11H14FNO3. The number of hydrogen-bond donors (Lipinski definition) is 3. The first kappa shape index (κ1) is 12.6. The maximum atomic E-state index is 13.0. The van der Waals surface area contributed by atoms with Crippen molar-refractivity contribution >= 4 is 5.78 Å². The molecule has 0 aliphatic carbocycles. The van der Waals surface area contributed by atoms with Crippen LogP contribution >= 0.6 is 0 Å². The highest BCUT2D eigenvalue weighted by Crippen LogP contribution is 2.17. The number of rotatable bonds is 4. The molecule has 1 aromatic rings. The van der Waals surface area contributed by atoms with Gasteiger partial charge in [-0.15, -0.1) is 0 Å². The van der Waals surface area contributed by atoms with Crippen LogP contribution in [-0.2, 0) is 11.2 Å². The van der Waals surface area contributed by atoms with Gasteiger partial charge in [0.2, 0.25) is 0 Å². The number of nitrogens with two attached hydrogens (primary N) is 1. The molecule has 0 aliphatic rings.